The van der Waals surface area contributed by atoms with Crippen LogP contribution in [0.1, 0.15) is 52.7 Å². The third kappa shape index (κ3) is 10.1. The molecule has 0 saturated carbocycles. The molecule has 1 aliphatic carbocycles. The number of aromatic nitrogens is 3. The second-order valence-electron chi connectivity index (χ2n) is 11.1. The summed E-state index contributed by atoms with van der Waals surface area (Å²) in [6.45, 7) is 5.11. The number of aliphatic hydroxyl groups is 1. The Morgan fingerprint density at radius 2 is 1.70 bits per heavy atom. The van der Waals surface area contributed by atoms with E-state index >= 15 is 0 Å². The quantitative estimate of drug-likeness (QED) is 0.0794. The average molecular weight is 692 g/mol. The van der Waals surface area contributed by atoms with Crippen molar-refractivity contribution < 1.29 is 43.3 Å². The summed E-state index contributed by atoms with van der Waals surface area (Å²) >= 11 is 0. The highest BCUT2D eigenvalue weighted by Crippen LogP contribution is 2.47. The third-order valence-electron chi connectivity index (χ3n) is 7.93. The zero-order valence-electron chi connectivity index (χ0n) is 28.7. The molecule has 5 rings (SSSR count). The summed E-state index contributed by atoms with van der Waals surface area (Å²) in [7, 11) is 2.61. The van der Waals surface area contributed by atoms with E-state index in [1.807, 2.05) is 37.3 Å². The molecule has 0 spiro atoms. The first-order valence-corrected chi connectivity index (χ1v) is 16.6. The summed E-state index contributed by atoms with van der Waals surface area (Å²) in [5.74, 6) is -0.604. The van der Waals surface area contributed by atoms with E-state index in [9.17, 15) is 14.4 Å². The van der Waals surface area contributed by atoms with E-state index < -0.39 is 6.16 Å². The number of aliphatic hydroxyl groups excluding tert-OH is 1. The van der Waals surface area contributed by atoms with Gasteiger partial charge in [0.05, 0.1) is 26.4 Å². The first kappa shape index (κ1) is 37.9. The second-order valence-corrected chi connectivity index (χ2v) is 11.1. The van der Waals surface area contributed by atoms with E-state index in [4.69, 9.17) is 28.9 Å². The van der Waals surface area contributed by atoms with Crippen LogP contribution in [0.4, 0.5) is 4.79 Å². The number of methoxy groups -OCH3 is 1. The van der Waals surface area contributed by atoms with Crippen LogP contribution in [0, 0.1) is 0 Å². The molecular weight excluding hydrogens is 646 g/mol. The second kappa shape index (κ2) is 19.9. The number of aryl methyl sites for hydroxylation is 1. The van der Waals surface area contributed by atoms with Crippen LogP contribution < -0.4 is 15.5 Å². The van der Waals surface area contributed by atoms with Crippen molar-refractivity contribution in [3.8, 4) is 11.1 Å². The van der Waals surface area contributed by atoms with Gasteiger partial charge < -0.3 is 34.7 Å². The lowest BCUT2D eigenvalue weighted by atomic mass is 9.95. The maximum absolute atomic E-state index is 13.3. The van der Waals surface area contributed by atoms with Gasteiger partial charge in [0, 0.05) is 51.8 Å². The van der Waals surface area contributed by atoms with Gasteiger partial charge >= 0.3 is 6.16 Å². The predicted octanol–water partition coefficient (Wildman–Crippen LogP) is 3.29. The molecule has 14 nitrogen and oxygen atoms in total. The molecule has 50 heavy (non-hydrogen) atoms. The van der Waals surface area contributed by atoms with Gasteiger partial charge in [0.1, 0.15) is 17.6 Å². The van der Waals surface area contributed by atoms with E-state index in [2.05, 4.69) is 27.0 Å². The van der Waals surface area contributed by atoms with Gasteiger partial charge in [0.15, 0.2) is 0 Å². The summed E-state index contributed by atoms with van der Waals surface area (Å²) in [6.07, 6.45) is 0.754. The van der Waals surface area contributed by atoms with Crippen molar-refractivity contribution in [2.45, 2.75) is 32.1 Å². The summed E-state index contributed by atoms with van der Waals surface area (Å²) < 4.78 is 21.4. The van der Waals surface area contributed by atoms with Gasteiger partial charge in [0.2, 0.25) is 5.91 Å². The van der Waals surface area contributed by atoms with Crippen molar-refractivity contribution in [3.63, 3.8) is 0 Å². The Labute approximate surface area is 290 Å². The molecule has 4 aromatic rings. The van der Waals surface area contributed by atoms with Gasteiger partial charge in [-0.3, -0.25) is 14.4 Å². The van der Waals surface area contributed by atoms with Crippen molar-refractivity contribution >= 4 is 29.0 Å². The zero-order valence-corrected chi connectivity index (χ0v) is 28.7. The fourth-order valence-corrected chi connectivity index (χ4v) is 5.67. The van der Waals surface area contributed by atoms with Crippen LogP contribution in [-0.2, 0) is 30.2 Å². The number of carbonyl (C=O) groups excluding carboxylic acids is 3. The molecule has 0 radical (unpaired) electrons. The lowest BCUT2D eigenvalue weighted by molar-refractivity contribution is -0.121. The number of benzene rings is 3. The van der Waals surface area contributed by atoms with Gasteiger partial charge in [-0.1, -0.05) is 47.3 Å². The minimum Gasteiger partial charge on any atom is -0.432 e. The van der Waals surface area contributed by atoms with Crippen molar-refractivity contribution in [3.05, 3.63) is 82.9 Å². The lowest BCUT2D eigenvalue weighted by Crippen LogP contribution is -2.27. The Balaban J connectivity index is 0.00000276. The van der Waals surface area contributed by atoms with Gasteiger partial charge in [-0.05, 0) is 71.0 Å². The standard InChI is InChI=1S/C35H41N5O8.CH4O/c1-3-45-18-17-37-34(42)27-10-7-9-25-29(23-47-35(43)48-40-31-12-5-4-11-30(31)38-39-40)28-22-24(14-15-26(28)33(25)27)8-6-13-32(41)36-16-19-46-21-20-44-2;1-2/h4-5,7,9-12,14-15,22,29H,3,6,8,13,16-21,23H2,1-2H3,(H,36,41)(H,37,42);2H,1H3. The Hall–Kier alpha value is -4.89. The van der Waals surface area contributed by atoms with E-state index in [0.29, 0.717) is 82.0 Å². The Morgan fingerprint density at radius 1 is 0.900 bits per heavy atom. The van der Waals surface area contributed by atoms with Crippen LogP contribution in [0.5, 0.6) is 0 Å². The molecular formula is C36H45N5O9. The van der Waals surface area contributed by atoms with Crippen LogP contribution in [0.3, 0.4) is 0 Å². The van der Waals surface area contributed by atoms with Gasteiger partial charge in [-0.2, -0.15) is 0 Å². The molecule has 2 amide bonds. The molecule has 3 N–H and O–H groups in total. The molecule has 14 heteroatoms. The fourth-order valence-electron chi connectivity index (χ4n) is 5.67. The van der Waals surface area contributed by atoms with E-state index in [1.54, 1.807) is 31.4 Å². The first-order chi connectivity index (χ1) is 24.5. The lowest BCUT2D eigenvalue weighted by Gasteiger charge is -2.15. The molecule has 1 atom stereocenters. The van der Waals surface area contributed by atoms with E-state index in [0.717, 1.165) is 39.8 Å². The molecule has 0 fully saturated rings. The summed E-state index contributed by atoms with van der Waals surface area (Å²) in [5, 5.41) is 20.7. The normalized spacial score (nSPS) is 12.8. The smallest absolute Gasteiger partial charge is 0.432 e. The van der Waals surface area contributed by atoms with Crippen LogP contribution in [0.25, 0.3) is 22.2 Å². The first-order valence-electron chi connectivity index (χ1n) is 16.6. The number of fused-ring (bicyclic) bond motifs is 4. The Kier molecular flexibility index (Phi) is 15.1. The summed E-state index contributed by atoms with van der Waals surface area (Å²) in [5.41, 5.74) is 6.14. The molecule has 0 bridgehead atoms. The zero-order chi connectivity index (χ0) is 35.7. The minimum absolute atomic E-state index is 0.0286. The van der Waals surface area contributed by atoms with Gasteiger partial charge in [-0.25, -0.2) is 4.79 Å². The number of nitrogens with zero attached hydrogens (tertiary/aromatic N) is 3. The van der Waals surface area contributed by atoms with Crippen molar-refractivity contribution in [2.24, 2.45) is 0 Å². The molecule has 3 aromatic carbocycles. The van der Waals surface area contributed by atoms with Crippen LogP contribution >= 0.6 is 0 Å². The number of carbonyl (C=O) groups is 3. The molecule has 1 heterocycles. The monoisotopic (exact) mass is 691 g/mol. The number of rotatable bonds is 18. The third-order valence-corrected chi connectivity index (χ3v) is 7.93. The Bertz CT molecular complexity index is 1710. The highest BCUT2D eigenvalue weighted by molar-refractivity contribution is 6.03. The van der Waals surface area contributed by atoms with Crippen LogP contribution in [0.15, 0.2) is 60.7 Å². The molecule has 1 aromatic heterocycles. The number of hydrogen-bond donors (Lipinski definition) is 3. The Morgan fingerprint density at radius 3 is 2.52 bits per heavy atom. The predicted molar refractivity (Wildman–Crippen MR) is 185 cm³/mol. The molecule has 1 aliphatic rings. The summed E-state index contributed by atoms with van der Waals surface area (Å²) in [6, 6.07) is 18.7. The molecule has 0 aliphatic heterocycles. The topological polar surface area (TPSA) is 172 Å². The number of hydrogen-bond acceptors (Lipinski definition) is 11. The number of ether oxygens (including phenoxy) is 4. The molecule has 0 saturated heterocycles. The molecule has 1 unspecified atom stereocenters. The number of nitrogens with one attached hydrogen (secondary N) is 2. The SMILES string of the molecule is CCOCCNC(=O)c1cccc2c1-c1ccc(CCCC(=O)NCCOCCOC)cc1C2COC(=O)On1nnc2ccccc21.CO. The molecule has 268 valence electrons. The minimum atomic E-state index is -0.934. The maximum atomic E-state index is 13.3. The highest BCUT2D eigenvalue weighted by atomic mass is 16.8. The van der Waals surface area contributed by atoms with Crippen LogP contribution in [0.2, 0.25) is 0 Å². The van der Waals surface area contributed by atoms with Crippen molar-refractivity contribution in [1.82, 2.24) is 25.8 Å². The van der Waals surface area contributed by atoms with E-state index in [-0.39, 0.29) is 24.3 Å². The average Bonchev–Trinajstić information content (AvgIpc) is 3.69. The van der Waals surface area contributed by atoms with Crippen molar-refractivity contribution in [2.75, 3.05) is 67.0 Å². The summed E-state index contributed by atoms with van der Waals surface area (Å²) in [4.78, 5) is 44.9. The van der Waals surface area contributed by atoms with Gasteiger partial charge in [0.25, 0.3) is 5.91 Å². The fraction of sp³-hybridized carbons (Fsp3) is 0.417. The van der Waals surface area contributed by atoms with Crippen molar-refractivity contribution in [1.29, 1.82) is 0 Å². The van der Waals surface area contributed by atoms with Gasteiger partial charge in [-0.15, -0.1) is 5.10 Å². The van der Waals surface area contributed by atoms with Crippen LogP contribution in [-0.4, -0.2) is 105 Å². The maximum Gasteiger partial charge on any atom is 0.535 e. The van der Waals surface area contributed by atoms with E-state index in [1.165, 1.54) is 0 Å². The number of amides is 2. The highest BCUT2D eigenvalue weighted by Gasteiger charge is 2.33. The largest absolute Gasteiger partial charge is 0.535 e. The number of para-hydroxylation sites is 1.